The molecule has 0 saturated heterocycles. The molecule has 0 saturated carbocycles. The number of nitrogens with zero attached hydrogens (tertiary/aromatic N) is 1. The minimum Gasteiger partial charge on any atom is -0.508 e. The molecule has 3 nitrogen and oxygen atoms in total. The Morgan fingerprint density at radius 2 is 1.83 bits per heavy atom. The summed E-state index contributed by atoms with van der Waals surface area (Å²) >= 11 is 3.47. The molecule has 0 bridgehead atoms. The van der Waals surface area contributed by atoms with Crippen molar-refractivity contribution >= 4 is 27.3 Å². The van der Waals surface area contributed by atoms with Gasteiger partial charge in [-0.05, 0) is 42.0 Å². The van der Waals surface area contributed by atoms with E-state index in [-0.39, 0.29) is 5.75 Å². The highest BCUT2D eigenvalue weighted by molar-refractivity contribution is 9.10. The quantitative estimate of drug-likeness (QED) is 0.914. The standard InChI is InChI=1S/C14H15BrN2O/c1-17(12-4-6-13(18)7-5-12)14-8-11(15)3-2-10(14)9-16/h2-8,18H,9,16H2,1H3. The lowest BCUT2D eigenvalue weighted by Crippen LogP contribution is -2.13. The average molecular weight is 307 g/mol. The summed E-state index contributed by atoms with van der Waals surface area (Å²) in [7, 11) is 1.98. The van der Waals surface area contributed by atoms with Gasteiger partial charge >= 0.3 is 0 Å². The summed E-state index contributed by atoms with van der Waals surface area (Å²) in [5.41, 5.74) is 8.89. The zero-order valence-corrected chi connectivity index (χ0v) is 11.7. The molecular weight excluding hydrogens is 292 g/mol. The highest BCUT2D eigenvalue weighted by Gasteiger charge is 2.09. The van der Waals surface area contributed by atoms with Crippen LogP contribution in [0.4, 0.5) is 11.4 Å². The molecule has 4 heteroatoms. The van der Waals surface area contributed by atoms with Crippen molar-refractivity contribution in [1.29, 1.82) is 0 Å². The topological polar surface area (TPSA) is 49.5 Å². The summed E-state index contributed by atoms with van der Waals surface area (Å²) in [6, 6.07) is 13.1. The summed E-state index contributed by atoms with van der Waals surface area (Å²) in [6.07, 6.45) is 0. The third kappa shape index (κ3) is 2.66. The predicted molar refractivity (Wildman–Crippen MR) is 78.2 cm³/mol. The first-order valence-electron chi connectivity index (χ1n) is 5.63. The van der Waals surface area contributed by atoms with Crippen LogP contribution >= 0.6 is 15.9 Å². The van der Waals surface area contributed by atoms with E-state index in [1.807, 2.05) is 42.3 Å². The second-order valence-corrected chi connectivity index (χ2v) is 4.97. The van der Waals surface area contributed by atoms with Crippen molar-refractivity contribution in [3.63, 3.8) is 0 Å². The van der Waals surface area contributed by atoms with E-state index in [2.05, 4.69) is 15.9 Å². The van der Waals surface area contributed by atoms with Crippen molar-refractivity contribution in [3.05, 3.63) is 52.5 Å². The predicted octanol–water partition coefficient (Wildman–Crippen LogP) is 3.38. The van der Waals surface area contributed by atoms with E-state index in [9.17, 15) is 5.11 Å². The van der Waals surface area contributed by atoms with Crippen molar-refractivity contribution in [2.24, 2.45) is 5.73 Å². The van der Waals surface area contributed by atoms with Gasteiger partial charge in [-0.25, -0.2) is 0 Å². The molecule has 0 radical (unpaired) electrons. The van der Waals surface area contributed by atoms with Crippen molar-refractivity contribution in [3.8, 4) is 5.75 Å². The molecule has 3 N–H and O–H groups in total. The van der Waals surface area contributed by atoms with Crippen LogP contribution in [0.25, 0.3) is 0 Å². The van der Waals surface area contributed by atoms with E-state index in [0.717, 1.165) is 21.4 Å². The van der Waals surface area contributed by atoms with E-state index in [1.54, 1.807) is 12.1 Å². The molecule has 18 heavy (non-hydrogen) atoms. The minimum absolute atomic E-state index is 0.264. The molecule has 2 aromatic rings. The molecule has 0 aromatic heterocycles. The smallest absolute Gasteiger partial charge is 0.115 e. The summed E-state index contributed by atoms with van der Waals surface area (Å²) in [4.78, 5) is 2.05. The first-order valence-corrected chi connectivity index (χ1v) is 6.42. The molecule has 0 atom stereocenters. The fourth-order valence-corrected chi connectivity index (χ4v) is 2.19. The van der Waals surface area contributed by atoms with E-state index in [1.165, 1.54) is 0 Å². The van der Waals surface area contributed by atoms with Gasteiger partial charge < -0.3 is 15.7 Å². The zero-order valence-electron chi connectivity index (χ0n) is 10.1. The fourth-order valence-electron chi connectivity index (χ4n) is 1.84. The normalized spacial score (nSPS) is 10.4. The van der Waals surface area contributed by atoms with Crippen LogP contribution in [-0.4, -0.2) is 12.2 Å². The summed E-state index contributed by atoms with van der Waals surface area (Å²) < 4.78 is 1.01. The number of benzene rings is 2. The van der Waals surface area contributed by atoms with E-state index in [0.29, 0.717) is 6.54 Å². The van der Waals surface area contributed by atoms with Crippen LogP contribution in [0.2, 0.25) is 0 Å². The molecule has 94 valence electrons. The van der Waals surface area contributed by atoms with Crippen LogP contribution in [0.1, 0.15) is 5.56 Å². The monoisotopic (exact) mass is 306 g/mol. The van der Waals surface area contributed by atoms with Gasteiger partial charge in [0.05, 0.1) is 0 Å². The van der Waals surface area contributed by atoms with E-state index < -0.39 is 0 Å². The van der Waals surface area contributed by atoms with Gasteiger partial charge in [0.15, 0.2) is 0 Å². The van der Waals surface area contributed by atoms with Gasteiger partial charge in [0.1, 0.15) is 5.75 Å². The molecule has 0 aliphatic heterocycles. The van der Waals surface area contributed by atoms with Crippen molar-refractivity contribution < 1.29 is 5.11 Å². The van der Waals surface area contributed by atoms with Gasteiger partial charge in [-0.3, -0.25) is 0 Å². The molecular formula is C14H15BrN2O. The Kier molecular flexibility index (Phi) is 3.89. The summed E-state index contributed by atoms with van der Waals surface area (Å²) in [5, 5.41) is 9.31. The molecule has 2 aromatic carbocycles. The summed E-state index contributed by atoms with van der Waals surface area (Å²) in [6.45, 7) is 0.491. The third-order valence-corrected chi connectivity index (χ3v) is 3.36. The van der Waals surface area contributed by atoms with Crippen LogP contribution in [0.5, 0.6) is 5.75 Å². The minimum atomic E-state index is 0.264. The molecule has 0 unspecified atom stereocenters. The lowest BCUT2D eigenvalue weighted by Gasteiger charge is -2.22. The first kappa shape index (κ1) is 12.9. The number of anilines is 2. The molecule has 0 aliphatic carbocycles. The average Bonchev–Trinajstić information content (AvgIpc) is 2.39. The number of phenolic OH excluding ortho intramolecular Hbond substituents is 1. The van der Waals surface area contributed by atoms with Gasteiger partial charge in [0.25, 0.3) is 0 Å². The Morgan fingerprint density at radius 3 is 2.44 bits per heavy atom. The highest BCUT2D eigenvalue weighted by atomic mass is 79.9. The molecule has 2 rings (SSSR count). The Hall–Kier alpha value is -1.52. The van der Waals surface area contributed by atoms with Crippen LogP contribution in [0.15, 0.2) is 46.9 Å². The molecule has 0 heterocycles. The van der Waals surface area contributed by atoms with Gasteiger partial charge in [0, 0.05) is 29.4 Å². The maximum absolute atomic E-state index is 9.31. The van der Waals surface area contributed by atoms with Crippen LogP contribution in [0, 0.1) is 0 Å². The van der Waals surface area contributed by atoms with Crippen molar-refractivity contribution in [1.82, 2.24) is 0 Å². The van der Waals surface area contributed by atoms with Crippen molar-refractivity contribution in [2.45, 2.75) is 6.54 Å². The summed E-state index contributed by atoms with van der Waals surface area (Å²) in [5.74, 6) is 0.264. The van der Waals surface area contributed by atoms with Crippen LogP contribution in [-0.2, 0) is 6.54 Å². The Bertz CT molecular complexity index is 540. The Labute approximate surface area is 115 Å². The molecule has 0 spiro atoms. The van der Waals surface area contributed by atoms with E-state index >= 15 is 0 Å². The highest BCUT2D eigenvalue weighted by Crippen LogP contribution is 2.30. The lowest BCUT2D eigenvalue weighted by atomic mass is 10.1. The number of hydrogen-bond acceptors (Lipinski definition) is 3. The second-order valence-electron chi connectivity index (χ2n) is 4.05. The number of hydrogen-bond donors (Lipinski definition) is 2. The van der Waals surface area contributed by atoms with Crippen LogP contribution in [0.3, 0.4) is 0 Å². The fraction of sp³-hybridized carbons (Fsp3) is 0.143. The number of aromatic hydroxyl groups is 1. The molecule has 0 amide bonds. The van der Waals surface area contributed by atoms with Gasteiger partial charge in [-0.1, -0.05) is 22.0 Å². The van der Waals surface area contributed by atoms with Crippen molar-refractivity contribution in [2.75, 3.05) is 11.9 Å². The second kappa shape index (κ2) is 5.42. The largest absolute Gasteiger partial charge is 0.508 e. The van der Waals surface area contributed by atoms with E-state index in [4.69, 9.17) is 5.73 Å². The van der Waals surface area contributed by atoms with Gasteiger partial charge in [-0.2, -0.15) is 0 Å². The Balaban J connectivity index is 2.41. The molecule has 0 fully saturated rings. The maximum atomic E-state index is 9.31. The number of rotatable bonds is 3. The maximum Gasteiger partial charge on any atom is 0.115 e. The first-order chi connectivity index (χ1) is 8.61. The number of nitrogens with two attached hydrogens (primary N) is 1. The zero-order chi connectivity index (χ0) is 13.1. The molecule has 0 aliphatic rings. The lowest BCUT2D eigenvalue weighted by molar-refractivity contribution is 0.475. The number of phenols is 1. The SMILES string of the molecule is CN(c1ccc(O)cc1)c1cc(Br)ccc1CN. The van der Waals surface area contributed by atoms with Gasteiger partial charge in [-0.15, -0.1) is 0 Å². The van der Waals surface area contributed by atoms with Crippen LogP contribution < -0.4 is 10.6 Å². The van der Waals surface area contributed by atoms with Gasteiger partial charge in [0.2, 0.25) is 0 Å². The Morgan fingerprint density at radius 1 is 1.17 bits per heavy atom. The number of halogens is 1. The third-order valence-electron chi connectivity index (χ3n) is 2.87.